The normalized spacial score (nSPS) is 16.9. The molecule has 0 aromatic carbocycles. The van der Waals surface area contributed by atoms with Crippen molar-refractivity contribution < 1.29 is 4.79 Å². The first kappa shape index (κ1) is 11.9. The van der Waals surface area contributed by atoms with Crippen molar-refractivity contribution in [3.05, 3.63) is 24.5 Å². The maximum Gasteiger partial charge on any atom is 0.324 e. The second-order valence-corrected chi connectivity index (χ2v) is 4.72. The summed E-state index contributed by atoms with van der Waals surface area (Å²) in [6, 6.07) is 3.82. The highest BCUT2D eigenvalue weighted by molar-refractivity contribution is 5.91. The lowest BCUT2D eigenvalue weighted by atomic mass is 10.00. The third kappa shape index (κ3) is 2.75. The quantitative estimate of drug-likeness (QED) is 0.746. The van der Waals surface area contributed by atoms with Gasteiger partial charge in [0.05, 0.1) is 11.9 Å². The molecule has 92 valence electrons. The summed E-state index contributed by atoms with van der Waals surface area (Å²) in [5, 5.41) is 0. The fourth-order valence-electron chi connectivity index (χ4n) is 2.07. The van der Waals surface area contributed by atoms with E-state index in [2.05, 4.69) is 11.9 Å². The molecule has 0 N–H and O–H groups in total. The summed E-state index contributed by atoms with van der Waals surface area (Å²) in [7, 11) is 1.80. The van der Waals surface area contributed by atoms with Crippen molar-refractivity contribution in [1.82, 2.24) is 9.88 Å². The van der Waals surface area contributed by atoms with Crippen molar-refractivity contribution in [3.8, 4) is 0 Å². The van der Waals surface area contributed by atoms with Crippen molar-refractivity contribution in [1.29, 1.82) is 0 Å². The highest BCUT2D eigenvalue weighted by Gasteiger charge is 2.23. The lowest BCUT2D eigenvalue weighted by molar-refractivity contribution is 0.181. The Morgan fingerprint density at radius 3 is 2.76 bits per heavy atom. The second-order valence-electron chi connectivity index (χ2n) is 4.72. The molecule has 0 bridgehead atoms. The highest BCUT2D eigenvalue weighted by atomic mass is 16.2. The van der Waals surface area contributed by atoms with E-state index in [-0.39, 0.29) is 6.03 Å². The molecule has 1 fully saturated rings. The van der Waals surface area contributed by atoms with Gasteiger partial charge in [-0.1, -0.05) is 6.92 Å². The zero-order valence-electron chi connectivity index (χ0n) is 10.5. The Morgan fingerprint density at radius 1 is 1.47 bits per heavy atom. The lowest BCUT2D eigenvalue weighted by Crippen LogP contribution is -2.45. The summed E-state index contributed by atoms with van der Waals surface area (Å²) in [4.78, 5) is 19.9. The van der Waals surface area contributed by atoms with E-state index in [1.165, 1.54) is 0 Å². The molecule has 0 saturated carbocycles. The zero-order chi connectivity index (χ0) is 12.3. The van der Waals surface area contributed by atoms with Crippen LogP contribution in [0, 0.1) is 5.92 Å². The van der Waals surface area contributed by atoms with E-state index in [1.807, 2.05) is 17.0 Å². The van der Waals surface area contributed by atoms with Gasteiger partial charge in [-0.3, -0.25) is 9.88 Å². The maximum atomic E-state index is 12.2. The molecule has 1 aliphatic rings. The molecule has 2 heterocycles. The predicted molar refractivity (Wildman–Crippen MR) is 68.0 cm³/mol. The summed E-state index contributed by atoms with van der Waals surface area (Å²) in [5.74, 6) is 0.739. The first-order chi connectivity index (χ1) is 8.18. The first-order valence-corrected chi connectivity index (χ1v) is 6.11. The zero-order valence-corrected chi connectivity index (χ0v) is 10.5. The van der Waals surface area contributed by atoms with E-state index in [9.17, 15) is 4.79 Å². The molecule has 17 heavy (non-hydrogen) atoms. The van der Waals surface area contributed by atoms with Crippen LogP contribution in [-0.2, 0) is 0 Å². The third-order valence-corrected chi connectivity index (χ3v) is 3.37. The first-order valence-electron chi connectivity index (χ1n) is 6.11. The second kappa shape index (κ2) is 5.17. The molecular weight excluding hydrogens is 214 g/mol. The van der Waals surface area contributed by atoms with E-state index < -0.39 is 0 Å². The van der Waals surface area contributed by atoms with Gasteiger partial charge in [0, 0.05) is 26.3 Å². The topological polar surface area (TPSA) is 36.4 Å². The maximum absolute atomic E-state index is 12.2. The van der Waals surface area contributed by atoms with E-state index in [0.717, 1.165) is 37.5 Å². The number of aromatic nitrogens is 1. The van der Waals surface area contributed by atoms with E-state index in [1.54, 1.807) is 24.3 Å². The molecule has 0 radical (unpaired) electrons. The fraction of sp³-hybridized carbons (Fsp3) is 0.538. The molecule has 0 spiro atoms. The van der Waals surface area contributed by atoms with Crippen LogP contribution in [0.5, 0.6) is 0 Å². The van der Waals surface area contributed by atoms with Gasteiger partial charge in [0.2, 0.25) is 0 Å². The van der Waals surface area contributed by atoms with Gasteiger partial charge in [-0.05, 0) is 30.9 Å². The average Bonchev–Trinajstić information content (AvgIpc) is 2.39. The van der Waals surface area contributed by atoms with Crippen molar-refractivity contribution in [2.75, 3.05) is 25.0 Å². The molecule has 1 aromatic rings. The Bertz CT molecular complexity index is 372. The Labute approximate surface area is 102 Å². The van der Waals surface area contributed by atoms with Crippen LogP contribution in [-0.4, -0.2) is 36.1 Å². The van der Waals surface area contributed by atoms with Crippen LogP contribution in [0.1, 0.15) is 19.8 Å². The Kier molecular flexibility index (Phi) is 3.61. The number of anilines is 1. The van der Waals surface area contributed by atoms with E-state index in [4.69, 9.17) is 0 Å². The lowest BCUT2D eigenvalue weighted by Gasteiger charge is -2.33. The van der Waals surface area contributed by atoms with Crippen LogP contribution < -0.4 is 4.90 Å². The van der Waals surface area contributed by atoms with Gasteiger partial charge in [0.15, 0.2) is 0 Å². The number of hydrogen-bond acceptors (Lipinski definition) is 2. The summed E-state index contributed by atoms with van der Waals surface area (Å²) in [5.41, 5.74) is 0.844. The van der Waals surface area contributed by atoms with Gasteiger partial charge in [-0.15, -0.1) is 0 Å². The van der Waals surface area contributed by atoms with Gasteiger partial charge in [0.1, 0.15) is 0 Å². The molecule has 0 unspecified atom stereocenters. The molecule has 1 aromatic heterocycles. The number of amides is 2. The number of hydrogen-bond donors (Lipinski definition) is 0. The minimum Gasteiger partial charge on any atom is -0.324 e. The smallest absolute Gasteiger partial charge is 0.324 e. The Balaban J connectivity index is 2.00. The van der Waals surface area contributed by atoms with Gasteiger partial charge in [0.25, 0.3) is 0 Å². The summed E-state index contributed by atoms with van der Waals surface area (Å²) in [6.07, 6.45) is 5.63. The number of rotatable bonds is 1. The third-order valence-electron chi connectivity index (χ3n) is 3.37. The van der Waals surface area contributed by atoms with Crippen molar-refractivity contribution in [3.63, 3.8) is 0 Å². The number of carbonyl (C=O) groups excluding carboxylic acids is 1. The van der Waals surface area contributed by atoms with Gasteiger partial charge >= 0.3 is 6.03 Å². The number of likely N-dealkylation sites (tertiary alicyclic amines) is 1. The molecule has 4 nitrogen and oxygen atoms in total. The minimum absolute atomic E-state index is 0.0740. The van der Waals surface area contributed by atoms with Crippen LogP contribution >= 0.6 is 0 Å². The summed E-state index contributed by atoms with van der Waals surface area (Å²) >= 11 is 0. The van der Waals surface area contributed by atoms with Crippen molar-refractivity contribution in [2.45, 2.75) is 19.8 Å². The van der Waals surface area contributed by atoms with Gasteiger partial charge in [-0.2, -0.15) is 0 Å². The van der Waals surface area contributed by atoms with Crippen LogP contribution in [0.2, 0.25) is 0 Å². The standard InChI is InChI=1S/C13H19N3O/c1-11-5-8-16(9-6-11)13(17)15(2)12-4-3-7-14-10-12/h3-4,7,10-11H,5-6,8-9H2,1-2H3. The average molecular weight is 233 g/mol. The number of piperidine rings is 1. The molecule has 2 amide bonds. The molecule has 0 aliphatic carbocycles. The molecule has 0 atom stereocenters. The predicted octanol–water partition coefficient (Wildman–Crippen LogP) is 2.37. The molecule has 4 heteroatoms. The molecular formula is C13H19N3O. The van der Waals surface area contributed by atoms with Crippen molar-refractivity contribution >= 4 is 11.7 Å². The fourth-order valence-corrected chi connectivity index (χ4v) is 2.07. The highest BCUT2D eigenvalue weighted by Crippen LogP contribution is 2.19. The summed E-state index contributed by atoms with van der Waals surface area (Å²) in [6.45, 7) is 3.97. The van der Waals surface area contributed by atoms with Gasteiger partial charge in [-0.25, -0.2) is 4.79 Å². The van der Waals surface area contributed by atoms with E-state index >= 15 is 0 Å². The Morgan fingerprint density at radius 2 is 2.18 bits per heavy atom. The van der Waals surface area contributed by atoms with E-state index in [0.29, 0.717) is 0 Å². The number of pyridine rings is 1. The monoisotopic (exact) mass is 233 g/mol. The number of carbonyl (C=O) groups is 1. The number of urea groups is 1. The number of nitrogens with zero attached hydrogens (tertiary/aromatic N) is 3. The SMILES string of the molecule is CC1CCN(C(=O)N(C)c2cccnc2)CC1. The van der Waals surface area contributed by atoms with Gasteiger partial charge < -0.3 is 4.90 Å². The van der Waals surface area contributed by atoms with Crippen LogP contribution in [0.25, 0.3) is 0 Å². The van der Waals surface area contributed by atoms with Crippen molar-refractivity contribution in [2.24, 2.45) is 5.92 Å². The summed E-state index contributed by atoms with van der Waals surface area (Å²) < 4.78 is 0. The molecule has 2 rings (SSSR count). The molecule has 1 saturated heterocycles. The van der Waals surface area contributed by atoms with Crippen LogP contribution in [0.3, 0.4) is 0 Å². The largest absolute Gasteiger partial charge is 0.324 e. The molecule has 1 aliphatic heterocycles. The minimum atomic E-state index is 0.0740. The Hall–Kier alpha value is -1.58. The van der Waals surface area contributed by atoms with Crippen LogP contribution in [0.15, 0.2) is 24.5 Å². The van der Waals surface area contributed by atoms with Crippen LogP contribution in [0.4, 0.5) is 10.5 Å².